The van der Waals surface area contributed by atoms with Gasteiger partial charge in [-0.25, -0.2) is 0 Å². The van der Waals surface area contributed by atoms with Crippen LogP contribution < -0.4 is 5.73 Å². The number of phenols is 1. The quantitative estimate of drug-likeness (QED) is 0.304. The van der Waals surface area contributed by atoms with Crippen LogP contribution in [-0.4, -0.2) is 79.7 Å². The van der Waals surface area contributed by atoms with Crippen molar-refractivity contribution in [2.45, 2.75) is 30.1 Å². The zero-order chi connectivity index (χ0) is 28.5. The van der Waals surface area contributed by atoms with Crippen LogP contribution in [0, 0.1) is 11.8 Å². The molecule has 0 aliphatic heterocycles. The zero-order valence-corrected chi connectivity index (χ0v) is 21.8. The van der Waals surface area contributed by atoms with Gasteiger partial charge in [0, 0.05) is 16.5 Å². The topological polar surface area (TPSA) is 182 Å². The van der Waals surface area contributed by atoms with Crippen molar-refractivity contribution in [2.75, 3.05) is 14.1 Å². The first kappa shape index (κ1) is 26.9. The summed E-state index contributed by atoms with van der Waals surface area (Å²) >= 11 is 6.44. The van der Waals surface area contributed by atoms with E-state index in [2.05, 4.69) is 0 Å². The zero-order valence-electron chi connectivity index (χ0n) is 21.0. The molecule has 6 atom stereocenters. The predicted molar refractivity (Wildman–Crippen MR) is 140 cm³/mol. The van der Waals surface area contributed by atoms with E-state index in [0.717, 1.165) is 0 Å². The molecule has 10 nitrogen and oxygen atoms in total. The van der Waals surface area contributed by atoms with Gasteiger partial charge in [-0.05, 0) is 49.7 Å². The summed E-state index contributed by atoms with van der Waals surface area (Å²) in [6.07, 6.45) is -1.54. The Balaban J connectivity index is 1.81. The second-order valence-electron chi connectivity index (χ2n) is 10.4. The number of hydrogen-bond donors (Lipinski definition) is 6. The lowest BCUT2D eigenvalue weighted by atomic mass is 9.53. The van der Waals surface area contributed by atoms with Gasteiger partial charge in [0.25, 0.3) is 5.91 Å². The van der Waals surface area contributed by atoms with Crippen LogP contribution in [0.5, 0.6) is 5.75 Å². The Labute approximate surface area is 228 Å². The molecule has 0 bridgehead atoms. The number of fused-ring (bicyclic) bond motifs is 3. The average Bonchev–Trinajstić information content (AvgIpc) is 2.86. The molecule has 0 saturated heterocycles. The summed E-state index contributed by atoms with van der Waals surface area (Å²) in [4.78, 5) is 41.0. The molecule has 0 aromatic heterocycles. The maximum absolute atomic E-state index is 14.1. The number of Topliss-reactive ketones (excluding diaryl/α,β-unsaturated/α-hetero) is 2. The van der Waals surface area contributed by atoms with Gasteiger partial charge in [0.05, 0.1) is 23.6 Å². The SMILES string of the molecule is CN(C)[C@@H]1C(=O)C(C(N)=O)=C(O)[C@@]2(O)C(=O)C3=C(O)c4c(O)cccc4C(Cc4ccccc4Cl)[C@H]3[C@H](O)[C@@H]12. The maximum Gasteiger partial charge on any atom is 0.255 e. The van der Waals surface area contributed by atoms with Gasteiger partial charge in [0.2, 0.25) is 5.78 Å². The van der Waals surface area contributed by atoms with Crippen LogP contribution in [0.4, 0.5) is 0 Å². The van der Waals surface area contributed by atoms with E-state index in [1.807, 2.05) is 0 Å². The van der Waals surface area contributed by atoms with Crippen LogP contribution in [0.1, 0.15) is 22.6 Å². The lowest BCUT2D eigenvalue weighted by Crippen LogP contribution is -2.70. The summed E-state index contributed by atoms with van der Waals surface area (Å²) in [6, 6.07) is 10.0. The minimum Gasteiger partial charge on any atom is -0.508 e. The Morgan fingerprint density at radius 2 is 1.74 bits per heavy atom. The fraction of sp³-hybridized carbons (Fsp3) is 0.321. The van der Waals surface area contributed by atoms with Crippen LogP contribution in [-0.2, 0) is 20.8 Å². The molecule has 0 spiro atoms. The first-order valence-electron chi connectivity index (χ1n) is 12.2. The Morgan fingerprint density at radius 1 is 1.08 bits per heavy atom. The molecular formula is C28H27ClN2O8. The fourth-order valence-electron chi connectivity index (χ4n) is 6.54. The molecule has 2 aromatic rings. The highest BCUT2D eigenvalue weighted by Gasteiger charge is 2.68. The molecule has 5 rings (SSSR count). The molecule has 7 N–H and O–H groups in total. The summed E-state index contributed by atoms with van der Waals surface area (Å²) in [5.74, 6) is -9.43. The number of nitrogens with zero attached hydrogens (tertiary/aromatic N) is 1. The number of likely N-dealkylation sites (N-methyl/N-ethyl adjacent to an activating group) is 1. The molecule has 2 aromatic carbocycles. The van der Waals surface area contributed by atoms with E-state index < -0.39 is 75.6 Å². The van der Waals surface area contributed by atoms with Crippen molar-refractivity contribution in [1.29, 1.82) is 0 Å². The predicted octanol–water partition coefficient (Wildman–Crippen LogP) is 1.37. The van der Waals surface area contributed by atoms with E-state index >= 15 is 0 Å². The van der Waals surface area contributed by atoms with Crippen molar-refractivity contribution in [3.05, 3.63) is 81.1 Å². The minimum atomic E-state index is -2.97. The molecule has 0 heterocycles. The number of hydrogen-bond acceptors (Lipinski definition) is 9. The highest BCUT2D eigenvalue weighted by Crippen LogP contribution is 2.56. The number of primary amides is 1. The van der Waals surface area contributed by atoms with Gasteiger partial charge in [-0.15, -0.1) is 0 Å². The number of aliphatic hydroxyl groups is 4. The number of nitrogens with two attached hydrogens (primary N) is 1. The molecule has 204 valence electrons. The number of benzene rings is 2. The molecule has 0 radical (unpaired) electrons. The largest absolute Gasteiger partial charge is 0.508 e. The van der Waals surface area contributed by atoms with Gasteiger partial charge >= 0.3 is 0 Å². The number of ketones is 2. The van der Waals surface area contributed by atoms with Crippen LogP contribution in [0.15, 0.2) is 59.4 Å². The number of rotatable bonds is 4. The standard InChI is InChI=1S/C28H27ClN2O8/c1-31(2)21-20-23(34)17-13(10-11-6-3-4-8-14(11)29)12-7-5-9-15(32)16(12)22(33)18(17)25(36)28(20,39)26(37)19(24(21)35)27(30)38/h3-9,13,17,20-21,23,32-34,37,39H,10H2,1-2H3,(H2,30,38)/t13?,17-,20-,21+,23+,28+/m1/s1. The number of carbonyl (C=O) groups excluding carboxylic acids is 3. The molecule has 3 aliphatic carbocycles. The third-order valence-corrected chi connectivity index (χ3v) is 8.56. The maximum atomic E-state index is 14.1. The molecular weight excluding hydrogens is 528 g/mol. The molecule has 11 heteroatoms. The van der Waals surface area contributed by atoms with Crippen LogP contribution in [0.3, 0.4) is 0 Å². The van der Waals surface area contributed by atoms with Crippen molar-refractivity contribution >= 4 is 34.8 Å². The monoisotopic (exact) mass is 554 g/mol. The molecule has 3 aliphatic rings. The number of aromatic hydroxyl groups is 1. The molecule has 1 fully saturated rings. The number of amides is 1. The fourth-order valence-corrected chi connectivity index (χ4v) is 6.75. The van der Waals surface area contributed by atoms with E-state index in [-0.39, 0.29) is 17.7 Å². The Kier molecular flexibility index (Phi) is 6.34. The molecule has 1 amide bonds. The summed E-state index contributed by atoms with van der Waals surface area (Å²) in [6.45, 7) is 0. The van der Waals surface area contributed by atoms with E-state index in [1.165, 1.54) is 25.1 Å². The minimum absolute atomic E-state index is 0.0713. The van der Waals surface area contributed by atoms with Gasteiger partial charge < -0.3 is 31.3 Å². The third kappa shape index (κ3) is 3.63. The lowest BCUT2D eigenvalue weighted by Gasteiger charge is -2.54. The third-order valence-electron chi connectivity index (χ3n) is 8.20. The van der Waals surface area contributed by atoms with Crippen molar-refractivity contribution in [3.8, 4) is 5.75 Å². The molecule has 1 saturated carbocycles. The van der Waals surface area contributed by atoms with Gasteiger partial charge in [-0.2, -0.15) is 0 Å². The van der Waals surface area contributed by atoms with E-state index in [9.17, 15) is 39.9 Å². The van der Waals surface area contributed by atoms with Crippen molar-refractivity contribution < 1.29 is 39.9 Å². The Hall–Kier alpha value is -3.70. The molecule has 1 unspecified atom stereocenters. The summed E-state index contributed by atoms with van der Waals surface area (Å²) < 4.78 is 0. The van der Waals surface area contributed by atoms with Crippen molar-refractivity contribution in [1.82, 2.24) is 4.90 Å². The van der Waals surface area contributed by atoms with Crippen molar-refractivity contribution in [2.24, 2.45) is 17.6 Å². The summed E-state index contributed by atoms with van der Waals surface area (Å²) in [5, 5.41) is 57.2. The number of aliphatic hydroxyl groups excluding tert-OH is 3. The summed E-state index contributed by atoms with van der Waals surface area (Å²) in [7, 11) is 2.92. The Morgan fingerprint density at radius 3 is 2.36 bits per heavy atom. The van der Waals surface area contributed by atoms with Gasteiger partial charge in [0.1, 0.15) is 22.8 Å². The lowest BCUT2D eigenvalue weighted by molar-refractivity contribution is -0.169. The Bertz CT molecular complexity index is 1500. The highest BCUT2D eigenvalue weighted by atomic mass is 35.5. The molecule has 39 heavy (non-hydrogen) atoms. The van der Waals surface area contributed by atoms with E-state index in [0.29, 0.717) is 16.1 Å². The van der Waals surface area contributed by atoms with E-state index in [1.54, 1.807) is 36.4 Å². The highest BCUT2D eigenvalue weighted by molar-refractivity contribution is 6.31. The smallest absolute Gasteiger partial charge is 0.255 e. The van der Waals surface area contributed by atoms with Gasteiger partial charge in [0.15, 0.2) is 11.4 Å². The van der Waals surface area contributed by atoms with Crippen LogP contribution >= 0.6 is 11.6 Å². The number of phenolic OH excluding ortho intramolecular Hbond substituents is 1. The second kappa shape index (κ2) is 9.20. The van der Waals surface area contributed by atoms with Gasteiger partial charge in [-0.3, -0.25) is 19.3 Å². The summed E-state index contributed by atoms with van der Waals surface area (Å²) in [5.41, 5.74) is 1.97. The first-order chi connectivity index (χ1) is 18.3. The normalized spacial score (nSPS) is 30.3. The average molecular weight is 555 g/mol. The van der Waals surface area contributed by atoms with Crippen LogP contribution in [0.25, 0.3) is 5.76 Å². The number of halogens is 1. The van der Waals surface area contributed by atoms with Gasteiger partial charge in [-0.1, -0.05) is 41.9 Å². The number of carbonyl (C=O) groups is 3. The first-order valence-corrected chi connectivity index (χ1v) is 12.6. The van der Waals surface area contributed by atoms with Crippen molar-refractivity contribution in [3.63, 3.8) is 0 Å². The van der Waals surface area contributed by atoms with E-state index in [4.69, 9.17) is 17.3 Å². The van der Waals surface area contributed by atoms with Crippen LogP contribution in [0.2, 0.25) is 5.02 Å². The second-order valence-corrected chi connectivity index (χ2v) is 10.8.